The molecular formula is C92H116N4O26Zn. The Bertz CT molecular complexity index is 4170. The largest absolute Gasteiger partial charge is 2.00 e. The zero-order valence-electron chi connectivity index (χ0n) is 72.1. The van der Waals surface area contributed by atoms with Gasteiger partial charge in [0.2, 0.25) is 11.5 Å². The maximum absolute atomic E-state index is 6.76. The van der Waals surface area contributed by atoms with Gasteiger partial charge in [-0.25, -0.2) is 9.97 Å². The Morgan fingerprint density at radius 2 is 0.472 bits per heavy atom. The van der Waals surface area contributed by atoms with Crippen molar-refractivity contribution >= 4 is 46.4 Å². The van der Waals surface area contributed by atoms with E-state index in [2.05, 4.69) is 23.7 Å². The molecule has 31 heteroatoms. The second-order valence-corrected chi connectivity index (χ2v) is 26.3. The van der Waals surface area contributed by atoms with Crippen LogP contribution in [-0.2, 0) is 105 Å². The molecule has 0 radical (unpaired) electrons. The third-order valence-corrected chi connectivity index (χ3v) is 17.8. The Kier molecular flexibility index (Phi) is 48.8. The van der Waals surface area contributed by atoms with Gasteiger partial charge in [0.15, 0.2) is 23.0 Å². The van der Waals surface area contributed by atoms with Gasteiger partial charge in [-0.3, -0.25) is 0 Å². The maximum Gasteiger partial charge on any atom is 2.00 e. The second kappa shape index (κ2) is 60.5. The van der Waals surface area contributed by atoms with Gasteiger partial charge >= 0.3 is 19.5 Å². The van der Waals surface area contributed by atoms with Crippen LogP contribution in [0.15, 0.2) is 97.1 Å². The van der Waals surface area contributed by atoms with Gasteiger partial charge in [0, 0.05) is 64.9 Å². The van der Waals surface area contributed by atoms with Crippen molar-refractivity contribution in [1.82, 2.24) is 19.9 Å². The van der Waals surface area contributed by atoms with Crippen molar-refractivity contribution in [1.29, 1.82) is 0 Å². The van der Waals surface area contributed by atoms with Crippen LogP contribution in [0.4, 0.5) is 0 Å². The van der Waals surface area contributed by atoms with Crippen LogP contribution in [0.2, 0.25) is 0 Å². The first-order valence-corrected chi connectivity index (χ1v) is 40.7. The van der Waals surface area contributed by atoms with Crippen LogP contribution in [0.5, 0.6) is 46.0 Å². The smallest absolute Gasteiger partial charge is 0.656 e. The summed E-state index contributed by atoms with van der Waals surface area (Å²) in [7, 11) is 13.0. The van der Waals surface area contributed by atoms with Crippen LogP contribution in [0, 0.1) is 23.7 Å². The molecule has 0 unspecified atom stereocenters. The van der Waals surface area contributed by atoms with Gasteiger partial charge < -0.3 is 133 Å². The van der Waals surface area contributed by atoms with E-state index >= 15 is 0 Å². The van der Waals surface area contributed by atoms with Crippen LogP contribution >= 0.6 is 0 Å². The number of aromatic nitrogens is 4. The SMILES string of the molecule is COCCOCCOCCOc1cc(-c2c3nc(c(C#Cc4ccc(OC)cc4)c4ccc([n-]4)c(-c4cc(OCCOCCOCCOC)c(OCCOCCOCCOC)c(OCCOCCOCCOC)c4)c4nc(c(C#Cc5ccc(OC)cc5)c5ccc2[n-]5)C=C4)C=C3)cc(OCCOCCOCCOC)c1OCCOCCOCCOC.[Zn+2]. The fourth-order valence-electron chi connectivity index (χ4n) is 11.7. The van der Waals surface area contributed by atoms with Gasteiger partial charge in [0.05, 0.1) is 235 Å². The summed E-state index contributed by atoms with van der Waals surface area (Å²) in [6.45, 7) is 11.2. The molecule has 123 heavy (non-hydrogen) atoms. The summed E-state index contributed by atoms with van der Waals surface area (Å²) in [5.41, 5.74) is 8.67. The van der Waals surface area contributed by atoms with Crippen molar-refractivity contribution in [2.45, 2.75) is 0 Å². The number of benzene rings is 4. The van der Waals surface area contributed by atoms with Crippen molar-refractivity contribution in [3.05, 3.63) is 142 Å². The predicted molar refractivity (Wildman–Crippen MR) is 460 cm³/mol. The molecule has 0 aliphatic carbocycles. The minimum atomic E-state index is 0. The third-order valence-electron chi connectivity index (χ3n) is 17.8. The van der Waals surface area contributed by atoms with E-state index in [1.807, 2.05) is 121 Å². The number of rotatable bonds is 64. The molecule has 8 bridgehead atoms. The van der Waals surface area contributed by atoms with Crippen molar-refractivity contribution in [2.24, 2.45) is 0 Å². The number of nitrogens with zero attached hydrogens (tertiary/aromatic N) is 4. The summed E-state index contributed by atoms with van der Waals surface area (Å²) in [5, 5.41) is 0. The van der Waals surface area contributed by atoms with Crippen molar-refractivity contribution < 1.29 is 143 Å². The van der Waals surface area contributed by atoms with E-state index in [9.17, 15) is 0 Å². The minimum absolute atomic E-state index is 0. The summed E-state index contributed by atoms with van der Waals surface area (Å²) in [4.78, 5) is 22.2. The van der Waals surface area contributed by atoms with Crippen LogP contribution in [-0.4, -0.2) is 305 Å². The molecule has 0 N–H and O–H groups in total. The Morgan fingerprint density at radius 1 is 0.244 bits per heavy atom. The molecule has 662 valence electrons. The average Bonchev–Trinajstić information content (AvgIpc) is 1.43. The second-order valence-electron chi connectivity index (χ2n) is 26.3. The van der Waals surface area contributed by atoms with E-state index in [4.69, 9.17) is 143 Å². The molecule has 0 fully saturated rings. The summed E-state index contributed by atoms with van der Waals surface area (Å²) in [6.07, 6.45) is 7.70. The number of ether oxygens (including phenoxy) is 26. The van der Waals surface area contributed by atoms with E-state index in [0.717, 1.165) is 0 Å². The van der Waals surface area contributed by atoms with Crippen LogP contribution < -0.4 is 47.9 Å². The first-order chi connectivity index (χ1) is 60.3. The average molecular weight is 1760 g/mol. The van der Waals surface area contributed by atoms with Gasteiger partial charge in [0.1, 0.15) is 51.1 Å². The summed E-state index contributed by atoms with van der Waals surface area (Å²) >= 11 is 0. The fraction of sp³-hybridized carbons (Fsp3) is 0.478. The number of methoxy groups -OCH3 is 8. The quantitative estimate of drug-likeness (QED) is 0.0194. The summed E-state index contributed by atoms with van der Waals surface area (Å²) < 4.78 is 153. The Hall–Kier alpha value is -9.10. The van der Waals surface area contributed by atoms with Gasteiger partial charge in [-0.05, 0) is 119 Å². The van der Waals surface area contributed by atoms with E-state index in [-0.39, 0.29) is 98.8 Å². The van der Waals surface area contributed by atoms with Crippen molar-refractivity contribution in [3.8, 4) is 91.9 Å². The van der Waals surface area contributed by atoms with E-state index in [1.54, 1.807) is 56.9 Å². The Balaban J connectivity index is 0.0000188. The zero-order chi connectivity index (χ0) is 85.5. The molecule has 0 spiro atoms. The standard InChI is InChI=1S/C92H116N4O26.Zn/c1-97-29-35-105-41-47-111-53-59-117-85-65-71(66-86(118-60-54-112-48-42-106-36-30-98-2)91(85)121-63-57-115-51-45-109-39-33-101-5)89-81-25-21-77(93-81)75(19-13-69-9-15-73(103-7)16-10-69)79-23-27-83(95-79)90(84-28-24-80(96-84)76(78-22-26-82(89)94-78)20-14-70-11-17-74(104-8)18-12-70)72-67-87(119-61-55-113-49-43-107-37-31-99-3)92(122-64-58-116-52-46-110-40-34-102-6)88(68-72)120-62-56-114-50-44-108-38-32-100-4;/h9-12,15-18,21-28,65-68H,29-64H2,1-8H3;/q-2;+2. The Labute approximate surface area is 733 Å². The Morgan fingerprint density at radius 3 is 0.724 bits per heavy atom. The molecular weight excluding hydrogens is 1640 g/mol. The molecule has 9 rings (SSSR count). The number of hydrogen-bond acceptors (Lipinski definition) is 28. The third kappa shape index (κ3) is 35.1. The molecule has 0 atom stereocenters. The molecule has 30 nitrogen and oxygen atoms in total. The molecule has 4 aromatic carbocycles. The summed E-state index contributed by atoms with van der Waals surface area (Å²) in [5.74, 6) is 17.1. The first-order valence-electron chi connectivity index (χ1n) is 40.7. The molecule has 0 amide bonds. The molecule has 0 saturated heterocycles. The monoisotopic (exact) mass is 1760 g/mol. The number of fused-ring (bicyclic) bond motifs is 8. The molecule has 2 aliphatic rings. The van der Waals surface area contributed by atoms with Crippen molar-refractivity contribution in [3.63, 3.8) is 0 Å². The number of hydrogen-bond donors (Lipinski definition) is 0. The van der Waals surface area contributed by atoms with Crippen LogP contribution in [0.25, 0.3) is 68.6 Å². The van der Waals surface area contributed by atoms with Crippen molar-refractivity contribution in [2.75, 3.05) is 295 Å². The van der Waals surface area contributed by atoms with Gasteiger partial charge in [-0.2, -0.15) is 0 Å². The summed E-state index contributed by atoms with van der Waals surface area (Å²) in [6, 6.07) is 30.3. The van der Waals surface area contributed by atoms with E-state index in [1.165, 1.54) is 0 Å². The van der Waals surface area contributed by atoms with Gasteiger partial charge in [0.25, 0.3) is 0 Å². The van der Waals surface area contributed by atoms with Gasteiger partial charge in [-0.15, -0.1) is 22.1 Å². The minimum Gasteiger partial charge on any atom is -0.656 e. The van der Waals surface area contributed by atoms with E-state index in [0.29, 0.717) is 294 Å². The zero-order valence-corrected chi connectivity index (χ0v) is 75.1. The topological polar surface area (TPSA) is 294 Å². The first kappa shape index (κ1) is 99.3. The van der Waals surface area contributed by atoms with Crippen LogP contribution in [0.3, 0.4) is 0 Å². The van der Waals surface area contributed by atoms with Gasteiger partial charge in [-0.1, -0.05) is 47.9 Å². The molecule has 2 aliphatic heterocycles. The normalized spacial score (nSPS) is 11.4. The molecule has 7 aromatic rings. The fourth-order valence-corrected chi connectivity index (χ4v) is 11.7. The van der Waals surface area contributed by atoms with E-state index < -0.39 is 0 Å². The molecule has 5 heterocycles. The molecule has 0 saturated carbocycles. The maximum atomic E-state index is 6.76. The molecule has 3 aromatic heterocycles. The van der Waals surface area contributed by atoms with Crippen LogP contribution in [0.1, 0.15) is 45.0 Å². The predicted octanol–water partition coefficient (Wildman–Crippen LogP) is 10.4.